The number of benzene rings is 1. The van der Waals surface area contributed by atoms with Crippen molar-refractivity contribution in [1.29, 1.82) is 0 Å². The van der Waals surface area contributed by atoms with Crippen molar-refractivity contribution in [3.63, 3.8) is 0 Å². The Labute approximate surface area is 118 Å². The van der Waals surface area contributed by atoms with Crippen molar-refractivity contribution in [1.82, 2.24) is 9.78 Å². The van der Waals surface area contributed by atoms with Crippen molar-refractivity contribution in [2.45, 2.75) is 39.0 Å². The summed E-state index contributed by atoms with van der Waals surface area (Å²) in [4.78, 5) is 11.6. The first-order valence-electron chi connectivity index (χ1n) is 7.04. The summed E-state index contributed by atoms with van der Waals surface area (Å²) in [5, 5.41) is 14.2. The van der Waals surface area contributed by atoms with Crippen LogP contribution in [0.3, 0.4) is 0 Å². The highest BCUT2D eigenvalue weighted by atomic mass is 16.4. The van der Waals surface area contributed by atoms with Gasteiger partial charge < -0.3 is 5.11 Å². The minimum atomic E-state index is -0.858. The molecule has 1 aliphatic rings. The highest BCUT2D eigenvalue weighted by molar-refractivity contribution is 5.91. The lowest BCUT2D eigenvalue weighted by molar-refractivity contribution is 0.0694. The van der Waals surface area contributed by atoms with Crippen LogP contribution in [-0.4, -0.2) is 20.9 Å². The van der Waals surface area contributed by atoms with E-state index in [1.807, 2.05) is 42.8 Å². The van der Waals surface area contributed by atoms with Crippen molar-refractivity contribution >= 4 is 5.97 Å². The van der Waals surface area contributed by atoms with Gasteiger partial charge in [0.2, 0.25) is 0 Å². The molecule has 0 radical (unpaired) electrons. The number of nitrogens with zero attached hydrogens (tertiary/aromatic N) is 2. The molecule has 4 heteroatoms. The number of aryl methyl sites for hydroxylation is 1. The molecule has 1 heterocycles. The lowest BCUT2D eigenvalue weighted by Gasteiger charge is -2.09. The normalized spacial score (nSPS) is 14.5. The first-order valence-corrected chi connectivity index (χ1v) is 7.04. The molecule has 0 saturated heterocycles. The Hall–Kier alpha value is -2.10. The number of hydrogen-bond donors (Lipinski definition) is 1. The second-order valence-electron chi connectivity index (χ2n) is 5.34. The predicted octanol–water partition coefficient (Wildman–Crippen LogP) is 3.32. The Balaban J connectivity index is 2.23. The molecule has 1 aliphatic carbocycles. The van der Waals surface area contributed by atoms with E-state index in [0.29, 0.717) is 17.9 Å². The summed E-state index contributed by atoms with van der Waals surface area (Å²) in [7, 11) is 0. The molecule has 0 spiro atoms. The van der Waals surface area contributed by atoms with Crippen LogP contribution in [-0.2, 0) is 6.42 Å². The molecular formula is C16H18N2O2. The molecular weight excluding hydrogens is 252 g/mol. The van der Waals surface area contributed by atoms with Crippen LogP contribution in [0.5, 0.6) is 0 Å². The van der Waals surface area contributed by atoms with Crippen molar-refractivity contribution in [3.8, 4) is 5.69 Å². The standard InChI is InChI=1S/C16H18N2O2/c1-3-12-14(16(19)20)15(11-8-9-11)17-18(12)13-7-5-4-6-10(13)2/h4-7,11H,3,8-9H2,1-2H3,(H,19,20). The first kappa shape index (κ1) is 12.9. The van der Waals surface area contributed by atoms with Crippen molar-refractivity contribution in [2.24, 2.45) is 0 Å². The summed E-state index contributed by atoms with van der Waals surface area (Å²) in [5.41, 5.74) is 4.05. The molecule has 0 atom stereocenters. The van der Waals surface area contributed by atoms with Crippen LogP contribution in [0.15, 0.2) is 24.3 Å². The monoisotopic (exact) mass is 270 g/mol. The largest absolute Gasteiger partial charge is 0.478 e. The molecule has 0 amide bonds. The van der Waals surface area contributed by atoms with Crippen LogP contribution >= 0.6 is 0 Å². The quantitative estimate of drug-likeness (QED) is 0.927. The van der Waals surface area contributed by atoms with Crippen LogP contribution in [0, 0.1) is 6.92 Å². The van der Waals surface area contributed by atoms with Gasteiger partial charge in [0.1, 0.15) is 5.56 Å². The fourth-order valence-electron chi connectivity index (χ4n) is 2.67. The zero-order chi connectivity index (χ0) is 14.3. The van der Waals surface area contributed by atoms with Crippen LogP contribution in [0.4, 0.5) is 0 Å². The molecule has 1 aromatic heterocycles. The second kappa shape index (κ2) is 4.78. The Morgan fingerprint density at radius 1 is 1.40 bits per heavy atom. The first-order chi connectivity index (χ1) is 9.63. The minimum absolute atomic E-state index is 0.330. The number of carboxylic acids is 1. The third-order valence-corrected chi connectivity index (χ3v) is 3.86. The number of aromatic nitrogens is 2. The molecule has 0 aliphatic heterocycles. The molecule has 3 rings (SSSR count). The Bertz CT molecular complexity index is 669. The van der Waals surface area contributed by atoms with E-state index in [1.165, 1.54) is 0 Å². The van der Waals surface area contributed by atoms with E-state index in [1.54, 1.807) is 0 Å². The lowest BCUT2D eigenvalue weighted by atomic mass is 10.1. The van der Waals surface area contributed by atoms with E-state index in [2.05, 4.69) is 5.10 Å². The average molecular weight is 270 g/mol. The van der Waals surface area contributed by atoms with Crippen LogP contribution in [0.2, 0.25) is 0 Å². The number of carboxylic acid groups (broad SMARTS) is 1. The van der Waals surface area contributed by atoms with Crippen LogP contribution in [0.1, 0.15) is 53.0 Å². The number of para-hydroxylation sites is 1. The molecule has 1 N–H and O–H groups in total. The topological polar surface area (TPSA) is 55.1 Å². The van der Waals surface area contributed by atoms with Gasteiger partial charge in [0.15, 0.2) is 0 Å². The van der Waals surface area contributed by atoms with E-state index < -0.39 is 5.97 Å². The third-order valence-electron chi connectivity index (χ3n) is 3.86. The summed E-state index contributed by atoms with van der Waals surface area (Å²) in [6.07, 6.45) is 2.76. The van der Waals surface area contributed by atoms with Gasteiger partial charge in [0.25, 0.3) is 0 Å². The maximum Gasteiger partial charge on any atom is 0.339 e. The molecule has 2 aromatic rings. The number of rotatable bonds is 4. The number of aromatic carboxylic acids is 1. The van der Waals surface area contributed by atoms with Gasteiger partial charge in [-0.15, -0.1) is 0 Å². The zero-order valence-electron chi connectivity index (χ0n) is 11.8. The van der Waals surface area contributed by atoms with Crippen molar-refractivity contribution in [3.05, 3.63) is 46.8 Å². The summed E-state index contributed by atoms with van der Waals surface area (Å²) in [5.74, 6) is -0.528. The molecule has 0 unspecified atom stereocenters. The molecule has 4 nitrogen and oxygen atoms in total. The Kier molecular flexibility index (Phi) is 3.08. The van der Waals surface area contributed by atoms with Gasteiger partial charge in [0, 0.05) is 5.92 Å². The third kappa shape index (κ3) is 2.01. The van der Waals surface area contributed by atoms with Gasteiger partial charge in [-0.2, -0.15) is 5.10 Å². The van der Waals surface area contributed by atoms with E-state index in [0.717, 1.165) is 35.5 Å². The van der Waals surface area contributed by atoms with Crippen LogP contribution < -0.4 is 0 Å². The van der Waals surface area contributed by atoms with Crippen molar-refractivity contribution < 1.29 is 9.90 Å². The fourth-order valence-corrected chi connectivity index (χ4v) is 2.67. The highest BCUT2D eigenvalue weighted by Gasteiger charge is 2.34. The summed E-state index contributed by atoms with van der Waals surface area (Å²) in [6, 6.07) is 7.95. The zero-order valence-corrected chi connectivity index (χ0v) is 11.8. The maximum atomic E-state index is 11.6. The van der Waals surface area contributed by atoms with E-state index in [9.17, 15) is 9.90 Å². The summed E-state index contributed by atoms with van der Waals surface area (Å²) in [6.45, 7) is 4.00. The molecule has 1 saturated carbocycles. The molecule has 0 bridgehead atoms. The molecule has 1 aromatic carbocycles. The highest BCUT2D eigenvalue weighted by Crippen LogP contribution is 2.42. The van der Waals surface area contributed by atoms with Gasteiger partial charge in [-0.3, -0.25) is 0 Å². The lowest BCUT2D eigenvalue weighted by Crippen LogP contribution is -2.06. The average Bonchev–Trinajstić information content (AvgIpc) is 3.19. The Morgan fingerprint density at radius 3 is 2.65 bits per heavy atom. The van der Waals surface area contributed by atoms with Crippen LogP contribution in [0.25, 0.3) is 5.69 Å². The maximum absolute atomic E-state index is 11.6. The SMILES string of the molecule is CCc1c(C(=O)O)c(C2CC2)nn1-c1ccccc1C. The molecule has 20 heavy (non-hydrogen) atoms. The second-order valence-corrected chi connectivity index (χ2v) is 5.34. The van der Waals surface area contributed by atoms with Gasteiger partial charge in [0.05, 0.1) is 17.1 Å². The van der Waals surface area contributed by atoms with Gasteiger partial charge in [-0.05, 0) is 37.8 Å². The number of hydrogen-bond acceptors (Lipinski definition) is 2. The van der Waals surface area contributed by atoms with E-state index in [4.69, 9.17) is 0 Å². The summed E-state index contributed by atoms with van der Waals surface area (Å²) >= 11 is 0. The van der Waals surface area contributed by atoms with E-state index in [-0.39, 0.29) is 0 Å². The van der Waals surface area contributed by atoms with Crippen molar-refractivity contribution in [2.75, 3.05) is 0 Å². The summed E-state index contributed by atoms with van der Waals surface area (Å²) < 4.78 is 1.83. The van der Waals surface area contributed by atoms with Gasteiger partial charge in [-0.25, -0.2) is 9.48 Å². The number of carbonyl (C=O) groups is 1. The van der Waals surface area contributed by atoms with E-state index >= 15 is 0 Å². The van der Waals surface area contributed by atoms with Gasteiger partial charge >= 0.3 is 5.97 Å². The van der Waals surface area contributed by atoms with Gasteiger partial charge in [-0.1, -0.05) is 25.1 Å². The smallest absolute Gasteiger partial charge is 0.339 e. The molecule has 1 fully saturated rings. The molecule has 104 valence electrons. The predicted molar refractivity (Wildman–Crippen MR) is 76.6 cm³/mol. The Morgan fingerprint density at radius 2 is 2.10 bits per heavy atom. The fraction of sp³-hybridized carbons (Fsp3) is 0.375. The minimum Gasteiger partial charge on any atom is -0.478 e.